The fourth-order valence-corrected chi connectivity index (χ4v) is 4.30. The molecule has 1 aliphatic rings. The van der Waals surface area contributed by atoms with Gasteiger partial charge in [-0.05, 0) is 43.5 Å². The van der Waals surface area contributed by atoms with Gasteiger partial charge in [-0.25, -0.2) is 4.98 Å². The summed E-state index contributed by atoms with van der Waals surface area (Å²) in [6.07, 6.45) is 4.20. The van der Waals surface area contributed by atoms with Gasteiger partial charge in [0.15, 0.2) is 10.9 Å². The van der Waals surface area contributed by atoms with E-state index in [1.54, 1.807) is 30.5 Å². The lowest BCUT2D eigenvalue weighted by Crippen LogP contribution is -2.33. The third kappa shape index (κ3) is 5.02. The molecule has 0 saturated carbocycles. The number of amides is 1. The first kappa shape index (κ1) is 19.6. The predicted molar refractivity (Wildman–Crippen MR) is 112 cm³/mol. The zero-order chi connectivity index (χ0) is 20.2. The average molecular weight is 413 g/mol. The summed E-state index contributed by atoms with van der Waals surface area (Å²) in [5.74, 6) is 1.12. The molecule has 7 nitrogen and oxygen atoms in total. The Morgan fingerprint density at radius 3 is 3.03 bits per heavy atom. The molecule has 1 amide bonds. The first-order chi connectivity index (χ1) is 14.1. The summed E-state index contributed by atoms with van der Waals surface area (Å²) in [4.78, 5) is 31.2. The number of hydrogen-bond donors (Lipinski definition) is 1. The Labute approximate surface area is 173 Å². The van der Waals surface area contributed by atoms with E-state index in [4.69, 9.17) is 4.42 Å². The summed E-state index contributed by atoms with van der Waals surface area (Å²) in [7, 11) is 0. The Morgan fingerprint density at radius 1 is 1.31 bits per heavy atom. The first-order valence-corrected chi connectivity index (χ1v) is 10.7. The number of rotatable bonds is 6. The van der Waals surface area contributed by atoms with Crippen molar-refractivity contribution in [2.75, 3.05) is 18.4 Å². The van der Waals surface area contributed by atoms with E-state index in [2.05, 4.69) is 22.1 Å². The van der Waals surface area contributed by atoms with Crippen LogP contribution in [0.4, 0.5) is 5.13 Å². The van der Waals surface area contributed by atoms with Crippen LogP contribution in [0.2, 0.25) is 0 Å². The normalized spacial score (nSPS) is 17.3. The predicted octanol–water partition coefficient (Wildman–Crippen LogP) is 3.43. The molecule has 29 heavy (non-hydrogen) atoms. The molecule has 1 saturated heterocycles. The van der Waals surface area contributed by atoms with Crippen molar-refractivity contribution in [2.45, 2.75) is 32.9 Å². The van der Waals surface area contributed by atoms with Crippen LogP contribution in [0.1, 0.15) is 41.8 Å². The van der Waals surface area contributed by atoms with Gasteiger partial charge in [-0.15, -0.1) is 11.3 Å². The lowest BCUT2D eigenvalue weighted by molar-refractivity contribution is 0.0994. The van der Waals surface area contributed by atoms with Crippen LogP contribution in [0, 0.1) is 5.92 Å². The second kappa shape index (κ2) is 8.75. The molecule has 152 valence electrons. The molecule has 8 heteroatoms. The zero-order valence-electron chi connectivity index (χ0n) is 16.3. The lowest BCUT2D eigenvalue weighted by Gasteiger charge is -2.30. The molecule has 3 aromatic rings. The Kier molecular flexibility index (Phi) is 5.92. The van der Waals surface area contributed by atoms with Crippen molar-refractivity contribution in [3.8, 4) is 0 Å². The highest BCUT2D eigenvalue weighted by Gasteiger charge is 2.18. The van der Waals surface area contributed by atoms with E-state index < -0.39 is 0 Å². The molecule has 1 atom stereocenters. The van der Waals surface area contributed by atoms with Gasteiger partial charge in [0.1, 0.15) is 5.76 Å². The van der Waals surface area contributed by atoms with E-state index >= 15 is 0 Å². The number of likely N-dealkylation sites (tertiary alicyclic amines) is 1. The number of anilines is 1. The number of hydrogen-bond acceptors (Lipinski definition) is 6. The van der Waals surface area contributed by atoms with E-state index in [0.29, 0.717) is 10.9 Å². The number of thiazole rings is 1. The first-order valence-electron chi connectivity index (χ1n) is 9.79. The molecule has 4 heterocycles. The Morgan fingerprint density at radius 2 is 2.21 bits per heavy atom. The Balaban J connectivity index is 1.35. The second-order valence-electron chi connectivity index (χ2n) is 7.51. The van der Waals surface area contributed by atoms with Gasteiger partial charge in [-0.3, -0.25) is 19.8 Å². The summed E-state index contributed by atoms with van der Waals surface area (Å²) < 4.78 is 7.14. The third-order valence-electron chi connectivity index (χ3n) is 5.01. The van der Waals surface area contributed by atoms with Crippen molar-refractivity contribution in [3.63, 3.8) is 0 Å². The fraction of sp³-hybridized carbons (Fsp3) is 0.381. The summed E-state index contributed by atoms with van der Waals surface area (Å²) in [5.41, 5.74) is 0.858. The summed E-state index contributed by atoms with van der Waals surface area (Å²) >= 11 is 1.42. The lowest BCUT2D eigenvalue weighted by atomic mass is 10.0. The van der Waals surface area contributed by atoms with E-state index in [0.717, 1.165) is 31.2 Å². The highest BCUT2D eigenvalue weighted by molar-refractivity contribution is 7.13. The van der Waals surface area contributed by atoms with Crippen LogP contribution in [-0.2, 0) is 13.1 Å². The molecule has 0 bridgehead atoms. The van der Waals surface area contributed by atoms with E-state index in [9.17, 15) is 9.59 Å². The quantitative estimate of drug-likeness (QED) is 0.671. The van der Waals surface area contributed by atoms with Crippen LogP contribution in [0.5, 0.6) is 0 Å². The van der Waals surface area contributed by atoms with Crippen molar-refractivity contribution < 1.29 is 9.21 Å². The van der Waals surface area contributed by atoms with Gasteiger partial charge in [0.25, 0.3) is 11.5 Å². The minimum Gasteiger partial charge on any atom is -0.454 e. The molecular formula is C21H24N4O3S. The highest BCUT2D eigenvalue weighted by Crippen LogP contribution is 2.21. The fourth-order valence-electron chi connectivity index (χ4n) is 3.60. The molecular weight excluding hydrogens is 388 g/mol. The van der Waals surface area contributed by atoms with Crippen molar-refractivity contribution in [3.05, 3.63) is 69.5 Å². The Hall–Kier alpha value is -2.71. The van der Waals surface area contributed by atoms with Crippen molar-refractivity contribution in [1.82, 2.24) is 14.5 Å². The topological polar surface area (TPSA) is 80.4 Å². The SMILES string of the molecule is CC1CCCN(Cc2csc(NC(=O)c3ccc(Cn4ccccc4=O)o3)n2)C1. The zero-order valence-corrected chi connectivity index (χ0v) is 17.2. The minimum absolute atomic E-state index is 0.117. The number of carbonyl (C=O) groups excluding carboxylic acids is 1. The highest BCUT2D eigenvalue weighted by atomic mass is 32.1. The summed E-state index contributed by atoms with van der Waals surface area (Å²) in [6, 6.07) is 8.28. The van der Waals surface area contributed by atoms with Gasteiger partial charge in [0, 0.05) is 30.7 Å². The number of nitrogens with zero attached hydrogens (tertiary/aromatic N) is 3. The Bertz CT molecular complexity index is 1040. The number of pyridine rings is 1. The van der Waals surface area contributed by atoms with Crippen molar-refractivity contribution in [2.24, 2.45) is 5.92 Å². The third-order valence-corrected chi connectivity index (χ3v) is 5.82. The maximum absolute atomic E-state index is 12.5. The molecule has 1 aliphatic heterocycles. The molecule has 0 aromatic carbocycles. The van der Waals surface area contributed by atoms with E-state index in [1.165, 1.54) is 34.8 Å². The number of furan rings is 1. The summed E-state index contributed by atoms with van der Waals surface area (Å²) in [5, 5.41) is 5.35. The number of piperidine rings is 1. The van der Waals surface area contributed by atoms with Crippen LogP contribution in [0.15, 0.2) is 51.1 Å². The van der Waals surface area contributed by atoms with E-state index in [-0.39, 0.29) is 23.8 Å². The second-order valence-corrected chi connectivity index (χ2v) is 8.37. The van der Waals surface area contributed by atoms with Crippen LogP contribution in [0.25, 0.3) is 0 Å². The van der Waals surface area contributed by atoms with E-state index in [1.807, 2.05) is 5.38 Å². The maximum Gasteiger partial charge on any atom is 0.293 e. The average Bonchev–Trinajstić information content (AvgIpc) is 3.33. The minimum atomic E-state index is -0.343. The van der Waals surface area contributed by atoms with Gasteiger partial charge in [0.05, 0.1) is 12.2 Å². The molecule has 0 spiro atoms. The van der Waals surface area contributed by atoms with Gasteiger partial charge < -0.3 is 8.98 Å². The molecule has 4 rings (SSSR count). The molecule has 1 unspecified atom stereocenters. The van der Waals surface area contributed by atoms with Crippen LogP contribution in [-0.4, -0.2) is 33.4 Å². The van der Waals surface area contributed by atoms with Crippen LogP contribution < -0.4 is 10.9 Å². The molecule has 0 radical (unpaired) electrons. The molecule has 1 fully saturated rings. The van der Waals surface area contributed by atoms with Gasteiger partial charge in [0.2, 0.25) is 0 Å². The smallest absolute Gasteiger partial charge is 0.293 e. The summed E-state index contributed by atoms with van der Waals surface area (Å²) in [6.45, 7) is 5.57. The van der Waals surface area contributed by atoms with Gasteiger partial charge in [-0.1, -0.05) is 13.0 Å². The standard InChI is InChI=1S/C21H24N4O3S/c1-15-5-4-9-24(11-15)12-16-14-29-21(22-16)23-20(27)18-8-7-17(28-18)13-25-10-3-2-6-19(25)26/h2-3,6-8,10,14-15H,4-5,9,11-13H2,1H3,(H,22,23,27). The monoisotopic (exact) mass is 412 g/mol. The number of nitrogens with one attached hydrogen (secondary N) is 1. The van der Waals surface area contributed by atoms with Crippen LogP contribution in [0.3, 0.4) is 0 Å². The maximum atomic E-state index is 12.5. The van der Waals surface area contributed by atoms with Gasteiger partial charge >= 0.3 is 0 Å². The van der Waals surface area contributed by atoms with Crippen LogP contribution >= 0.6 is 11.3 Å². The number of carbonyl (C=O) groups is 1. The largest absolute Gasteiger partial charge is 0.454 e. The molecule has 0 aliphatic carbocycles. The number of aromatic nitrogens is 2. The van der Waals surface area contributed by atoms with Crippen molar-refractivity contribution >= 4 is 22.4 Å². The van der Waals surface area contributed by atoms with Crippen molar-refractivity contribution in [1.29, 1.82) is 0 Å². The van der Waals surface area contributed by atoms with Gasteiger partial charge in [-0.2, -0.15) is 0 Å². The molecule has 3 aromatic heterocycles. The molecule has 1 N–H and O–H groups in total.